The highest BCUT2D eigenvalue weighted by atomic mass is 16.5. The standard InChI is InChI=1S/C12H25NO2/c1-6-15-12(14)11(7-9(2)3)13-8-10(4)5/h9-11,13H,6-8H2,1-5H3/t11-/m0/s1. The monoisotopic (exact) mass is 215 g/mol. The number of ether oxygens (including phenoxy) is 1. The largest absolute Gasteiger partial charge is 0.465 e. The van der Waals surface area contributed by atoms with Gasteiger partial charge < -0.3 is 10.1 Å². The van der Waals surface area contributed by atoms with Crippen molar-refractivity contribution in [2.24, 2.45) is 11.8 Å². The van der Waals surface area contributed by atoms with Crippen molar-refractivity contribution in [2.45, 2.75) is 47.1 Å². The van der Waals surface area contributed by atoms with Gasteiger partial charge in [0.25, 0.3) is 0 Å². The van der Waals surface area contributed by atoms with Crippen LogP contribution >= 0.6 is 0 Å². The van der Waals surface area contributed by atoms with Crippen LogP contribution in [0.4, 0.5) is 0 Å². The third kappa shape index (κ3) is 7.37. The summed E-state index contributed by atoms with van der Waals surface area (Å²) in [5.74, 6) is 0.931. The lowest BCUT2D eigenvalue weighted by Crippen LogP contribution is -2.40. The molecule has 0 bridgehead atoms. The lowest BCUT2D eigenvalue weighted by atomic mass is 10.0. The summed E-state index contributed by atoms with van der Waals surface area (Å²) < 4.78 is 5.04. The number of esters is 1. The van der Waals surface area contributed by atoms with Crippen molar-refractivity contribution in [3.8, 4) is 0 Å². The highest BCUT2D eigenvalue weighted by Gasteiger charge is 2.20. The summed E-state index contributed by atoms with van der Waals surface area (Å²) in [5.41, 5.74) is 0. The van der Waals surface area contributed by atoms with Crippen molar-refractivity contribution in [3.63, 3.8) is 0 Å². The predicted octanol–water partition coefficient (Wildman–Crippen LogP) is 2.21. The molecule has 0 saturated carbocycles. The Morgan fingerprint density at radius 1 is 1.20 bits per heavy atom. The minimum atomic E-state index is -0.146. The number of carbonyl (C=O) groups excluding carboxylic acids is 1. The molecule has 1 atom stereocenters. The van der Waals surface area contributed by atoms with E-state index in [9.17, 15) is 4.79 Å². The quantitative estimate of drug-likeness (QED) is 0.662. The molecule has 0 heterocycles. The van der Waals surface area contributed by atoms with E-state index in [0.717, 1.165) is 13.0 Å². The zero-order chi connectivity index (χ0) is 11.8. The number of nitrogens with one attached hydrogen (secondary N) is 1. The molecule has 0 amide bonds. The summed E-state index contributed by atoms with van der Waals surface area (Å²) >= 11 is 0. The molecule has 0 radical (unpaired) electrons. The van der Waals surface area contributed by atoms with Gasteiger partial charge in [-0.3, -0.25) is 4.79 Å². The van der Waals surface area contributed by atoms with Crippen LogP contribution in [0.3, 0.4) is 0 Å². The van der Waals surface area contributed by atoms with Crippen LogP contribution in [0.1, 0.15) is 41.0 Å². The summed E-state index contributed by atoms with van der Waals surface area (Å²) in [7, 11) is 0. The van der Waals surface area contributed by atoms with Crippen molar-refractivity contribution in [1.82, 2.24) is 5.32 Å². The Bertz CT molecular complexity index is 178. The maximum Gasteiger partial charge on any atom is 0.323 e. The smallest absolute Gasteiger partial charge is 0.323 e. The second-order valence-corrected chi connectivity index (χ2v) is 4.74. The van der Waals surface area contributed by atoms with Gasteiger partial charge in [-0.2, -0.15) is 0 Å². The maximum absolute atomic E-state index is 11.6. The second-order valence-electron chi connectivity index (χ2n) is 4.74. The molecule has 0 spiro atoms. The van der Waals surface area contributed by atoms with Crippen LogP contribution in [0, 0.1) is 11.8 Å². The average molecular weight is 215 g/mol. The predicted molar refractivity (Wildman–Crippen MR) is 62.7 cm³/mol. The lowest BCUT2D eigenvalue weighted by Gasteiger charge is -2.20. The van der Waals surface area contributed by atoms with E-state index in [1.54, 1.807) is 0 Å². The zero-order valence-electron chi connectivity index (χ0n) is 10.7. The minimum absolute atomic E-state index is 0.119. The molecule has 0 aromatic heterocycles. The summed E-state index contributed by atoms with van der Waals surface area (Å²) in [6, 6.07) is -0.146. The van der Waals surface area contributed by atoms with Crippen LogP contribution in [0.5, 0.6) is 0 Å². The number of rotatable bonds is 7. The topological polar surface area (TPSA) is 38.3 Å². The van der Waals surface area contributed by atoms with Gasteiger partial charge in [-0.25, -0.2) is 0 Å². The van der Waals surface area contributed by atoms with Crippen LogP contribution in [-0.4, -0.2) is 25.2 Å². The van der Waals surface area contributed by atoms with E-state index >= 15 is 0 Å². The molecular weight excluding hydrogens is 190 g/mol. The fourth-order valence-electron chi connectivity index (χ4n) is 1.36. The molecule has 0 aliphatic carbocycles. The van der Waals surface area contributed by atoms with Gasteiger partial charge in [0.2, 0.25) is 0 Å². The second kappa shape index (κ2) is 7.69. The number of hydrogen-bond donors (Lipinski definition) is 1. The first-order chi connectivity index (χ1) is 6.97. The third-order valence-electron chi connectivity index (χ3n) is 2.05. The van der Waals surface area contributed by atoms with E-state index < -0.39 is 0 Å². The molecule has 0 saturated heterocycles. The average Bonchev–Trinajstić information content (AvgIpc) is 2.11. The van der Waals surface area contributed by atoms with Crippen LogP contribution in [0.2, 0.25) is 0 Å². The SMILES string of the molecule is CCOC(=O)[C@H](CC(C)C)NCC(C)C. The van der Waals surface area contributed by atoms with Crippen LogP contribution in [0.15, 0.2) is 0 Å². The van der Waals surface area contributed by atoms with Gasteiger partial charge in [-0.1, -0.05) is 27.7 Å². The summed E-state index contributed by atoms with van der Waals surface area (Å²) in [4.78, 5) is 11.6. The Morgan fingerprint density at radius 3 is 2.20 bits per heavy atom. The molecule has 15 heavy (non-hydrogen) atoms. The van der Waals surface area contributed by atoms with Gasteiger partial charge in [-0.15, -0.1) is 0 Å². The Labute approximate surface area is 93.6 Å². The van der Waals surface area contributed by atoms with Crippen molar-refractivity contribution < 1.29 is 9.53 Å². The lowest BCUT2D eigenvalue weighted by molar-refractivity contribution is -0.146. The summed E-state index contributed by atoms with van der Waals surface area (Å²) in [6.45, 7) is 11.6. The molecule has 3 nitrogen and oxygen atoms in total. The maximum atomic E-state index is 11.6. The molecule has 1 N–H and O–H groups in total. The molecule has 0 aromatic carbocycles. The molecule has 0 fully saturated rings. The first-order valence-electron chi connectivity index (χ1n) is 5.87. The van der Waals surface area contributed by atoms with Crippen molar-refractivity contribution >= 4 is 5.97 Å². The van der Waals surface area contributed by atoms with E-state index in [0.29, 0.717) is 18.4 Å². The van der Waals surface area contributed by atoms with Gasteiger partial charge in [0.1, 0.15) is 6.04 Å². The molecule has 0 aromatic rings. The van der Waals surface area contributed by atoms with Gasteiger partial charge in [-0.05, 0) is 31.7 Å². The van der Waals surface area contributed by atoms with Crippen molar-refractivity contribution in [3.05, 3.63) is 0 Å². The highest BCUT2D eigenvalue weighted by molar-refractivity contribution is 5.75. The molecule has 3 heteroatoms. The molecular formula is C12H25NO2. The summed E-state index contributed by atoms with van der Waals surface area (Å²) in [6.07, 6.45) is 0.839. The van der Waals surface area contributed by atoms with E-state index in [2.05, 4.69) is 33.0 Å². The van der Waals surface area contributed by atoms with Gasteiger partial charge in [0.05, 0.1) is 6.61 Å². The van der Waals surface area contributed by atoms with E-state index in [1.807, 2.05) is 6.92 Å². The Morgan fingerprint density at radius 2 is 1.80 bits per heavy atom. The van der Waals surface area contributed by atoms with Crippen molar-refractivity contribution in [1.29, 1.82) is 0 Å². The van der Waals surface area contributed by atoms with Crippen molar-refractivity contribution in [2.75, 3.05) is 13.2 Å². The van der Waals surface area contributed by atoms with Gasteiger partial charge in [0, 0.05) is 0 Å². The molecule has 0 aliphatic rings. The Hall–Kier alpha value is -0.570. The van der Waals surface area contributed by atoms with Crippen LogP contribution in [0.25, 0.3) is 0 Å². The number of carbonyl (C=O) groups is 1. The molecule has 0 rings (SSSR count). The first-order valence-corrected chi connectivity index (χ1v) is 5.87. The van der Waals surface area contributed by atoms with E-state index in [1.165, 1.54) is 0 Å². The fraction of sp³-hybridized carbons (Fsp3) is 0.917. The van der Waals surface area contributed by atoms with E-state index in [-0.39, 0.29) is 12.0 Å². The highest BCUT2D eigenvalue weighted by Crippen LogP contribution is 2.07. The van der Waals surface area contributed by atoms with Gasteiger partial charge >= 0.3 is 5.97 Å². The minimum Gasteiger partial charge on any atom is -0.465 e. The molecule has 90 valence electrons. The zero-order valence-corrected chi connectivity index (χ0v) is 10.7. The summed E-state index contributed by atoms with van der Waals surface area (Å²) in [5, 5.41) is 3.26. The van der Waals surface area contributed by atoms with Crippen LogP contribution in [-0.2, 0) is 9.53 Å². The molecule has 0 unspecified atom stereocenters. The normalized spacial score (nSPS) is 13.3. The van der Waals surface area contributed by atoms with E-state index in [4.69, 9.17) is 4.74 Å². The van der Waals surface area contributed by atoms with Crippen LogP contribution < -0.4 is 5.32 Å². The Balaban J connectivity index is 4.11. The number of hydrogen-bond acceptors (Lipinski definition) is 3. The molecule has 0 aliphatic heterocycles. The Kier molecular flexibility index (Phi) is 7.39. The third-order valence-corrected chi connectivity index (χ3v) is 2.05. The first kappa shape index (κ1) is 14.4. The fourth-order valence-corrected chi connectivity index (χ4v) is 1.36. The van der Waals surface area contributed by atoms with Gasteiger partial charge in [0.15, 0.2) is 0 Å².